The van der Waals surface area contributed by atoms with Crippen LogP contribution in [0.1, 0.15) is 36.7 Å². The number of fused-ring (bicyclic) bond motifs is 1. The summed E-state index contributed by atoms with van der Waals surface area (Å²) in [6.07, 6.45) is 5.23. The number of anilines is 1. The van der Waals surface area contributed by atoms with Crippen LogP contribution in [0, 0.1) is 0 Å². The summed E-state index contributed by atoms with van der Waals surface area (Å²) < 4.78 is 10.1. The standard InChI is InChI=1S/C15H21N5O3/c1-2-22-15(21)12-11-13(17-10-18-14(11)23-19-12)16-6-9-20-7-4-3-5-8-20/h10H,2-9H2,1H3,(H,16,17,18). The zero-order valence-electron chi connectivity index (χ0n) is 13.2. The van der Waals surface area contributed by atoms with Gasteiger partial charge in [-0.1, -0.05) is 11.6 Å². The highest BCUT2D eigenvalue weighted by atomic mass is 16.5. The maximum Gasteiger partial charge on any atom is 0.361 e. The second-order valence-electron chi connectivity index (χ2n) is 5.48. The Morgan fingerprint density at radius 2 is 2.17 bits per heavy atom. The van der Waals surface area contributed by atoms with Crippen LogP contribution in [0.2, 0.25) is 0 Å². The Kier molecular flexibility index (Phi) is 5.02. The average Bonchev–Trinajstić information content (AvgIpc) is 3.01. The number of piperidine rings is 1. The van der Waals surface area contributed by atoms with Gasteiger partial charge in [0.15, 0.2) is 0 Å². The predicted octanol–water partition coefficient (Wildman–Crippen LogP) is 1.69. The smallest absolute Gasteiger partial charge is 0.361 e. The van der Waals surface area contributed by atoms with Crippen LogP contribution < -0.4 is 5.32 Å². The zero-order valence-corrected chi connectivity index (χ0v) is 13.2. The summed E-state index contributed by atoms with van der Waals surface area (Å²) in [4.78, 5) is 22.6. The fraction of sp³-hybridized carbons (Fsp3) is 0.600. The lowest BCUT2D eigenvalue weighted by Crippen LogP contribution is -2.33. The van der Waals surface area contributed by atoms with Gasteiger partial charge in [-0.25, -0.2) is 9.78 Å². The number of hydrogen-bond acceptors (Lipinski definition) is 8. The SMILES string of the molecule is CCOC(=O)c1noc2ncnc(NCCN3CCCCC3)c12. The van der Waals surface area contributed by atoms with Crippen molar-refractivity contribution in [3.05, 3.63) is 12.0 Å². The molecule has 2 aromatic rings. The molecule has 3 heterocycles. The van der Waals surface area contributed by atoms with E-state index in [0.717, 1.165) is 26.2 Å². The van der Waals surface area contributed by atoms with Gasteiger partial charge in [-0.15, -0.1) is 0 Å². The molecule has 1 fully saturated rings. The largest absolute Gasteiger partial charge is 0.461 e. The van der Waals surface area contributed by atoms with Crippen LogP contribution in [-0.4, -0.2) is 58.8 Å². The summed E-state index contributed by atoms with van der Waals surface area (Å²) in [6.45, 7) is 5.97. The minimum Gasteiger partial charge on any atom is -0.461 e. The van der Waals surface area contributed by atoms with Crippen LogP contribution in [0.3, 0.4) is 0 Å². The molecule has 1 N–H and O–H groups in total. The first-order valence-electron chi connectivity index (χ1n) is 8.03. The van der Waals surface area contributed by atoms with Crippen LogP contribution in [0.5, 0.6) is 0 Å². The van der Waals surface area contributed by atoms with Crippen molar-refractivity contribution in [2.45, 2.75) is 26.2 Å². The summed E-state index contributed by atoms with van der Waals surface area (Å²) in [5.74, 6) is 0.0245. The highest BCUT2D eigenvalue weighted by Crippen LogP contribution is 2.23. The first kappa shape index (κ1) is 15.7. The van der Waals surface area contributed by atoms with Crippen molar-refractivity contribution in [3.63, 3.8) is 0 Å². The highest BCUT2D eigenvalue weighted by molar-refractivity contribution is 6.04. The Hall–Kier alpha value is -2.22. The molecule has 8 heteroatoms. The summed E-state index contributed by atoms with van der Waals surface area (Å²) in [5.41, 5.74) is 0.395. The number of carbonyl (C=O) groups is 1. The van der Waals surface area contributed by atoms with Gasteiger partial charge < -0.3 is 19.5 Å². The zero-order chi connectivity index (χ0) is 16.1. The molecule has 1 aliphatic heterocycles. The van der Waals surface area contributed by atoms with Crippen molar-refractivity contribution in [1.82, 2.24) is 20.0 Å². The van der Waals surface area contributed by atoms with Crippen molar-refractivity contribution in [1.29, 1.82) is 0 Å². The van der Waals surface area contributed by atoms with E-state index in [1.165, 1.54) is 25.6 Å². The van der Waals surface area contributed by atoms with Crippen LogP contribution in [0.4, 0.5) is 5.82 Å². The number of rotatable bonds is 6. The summed E-state index contributed by atoms with van der Waals surface area (Å²) in [5, 5.41) is 7.50. The molecule has 0 bridgehead atoms. The summed E-state index contributed by atoms with van der Waals surface area (Å²) in [7, 11) is 0. The molecule has 0 amide bonds. The molecule has 0 saturated carbocycles. The molecule has 1 saturated heterocycles. The fourth-order valence-electron chi connectivity index (χ4n) is 2.77. The van der Waals surface area contributed by atoms with Gasteiger partial charge in [0.1, 0.15) is 17.5 Å². The van der Waals surface area contributed by atoms with Crippen LogP contribution >= 0.6 is 0 Å². The number of carbonyl (C=O) groups excluding carboxylic acids is 1. The Labute approximate surface area is 134 Å². The third-order valence-corrected chi connectivity index (χ3v) is 3.91. The fourth-order valence-corrected chi connectivity index (χ4v) is 2.77. The van der Waals surface area contributed by atoms with Crippen molar-refractivity contribution in [2.24, 2.45) is 0 Å². The number of aromatic nitrogens is 3. The molecule has 1 aliphatic rings. The Balaban J connectivity index is 1.72. The van der Waals surface area contributed by atoms with Gasteiger partial charge in [-0.3, -0.25) is 0 Å². The van der Waals surface area contributed by atoms with E-state index in [0.29, 0.717) is 11.2 Å². The quantitative estimate of drug-likeness (QED) is 0.804. The molecule has 0 aliphatic carbocycles. The first-order chi connectivity index (χ1) is 11.3. The number of esters is 1. The molecular weight excluding hydrogens is 298 g/mol. The van der Waals surface area contributed by atoms with Crippen molar-refractivity contribution in [2.75, 3.05) is 38.1 Å². The van der Waals surface area contributed by atoms with Gasteiger partial charge >= 0.3 is 5.97 Å². The van der Waals surface area contributed by atoms with Crippen molar-refractivity contribution >= 4 is 22.9 Å². The van der Waals surface area contributed by atoms with Crippen LogP contribution in [-0.2, 0) is 4.74 Å². The molecule has 0 atom stereocenters. The Morgan fingerprint density at radius 3 is 2.96 bits per heavy atom. The monoisotopic (exact) mass is 319 g/mol. The molecule has 2 aromatic heterocycles. The number of ether oxygens (including phenoxy) is 1. The lowest BCUT2D eigenvalue weighted by molar-refractivity contribution is 0.0517. The number of likely N-dealkylation sites (tertiary alicyclic amines) is 1. The van der Waals surface area contributed by atoms with E-state index < -0.39 is 5.97 Å². The molecule has 124 valence electrons. The van der Waals surface area contributed by atoms with Gasteiger partial charge in [0, 0.05) is 13.1 Å². The molecule has 23 heavy (non-hydrogen) atoms. The van der Waals surface area contributed by atoms with Crippen molar-refractivity contribution < 1.29 is 14.1 Å². The summed E-state index contributed by atoms with van der Waals surface area (Å²) >= 11 is 0. The lowest BCUT2D eigenvalue weighted by Gasteiger charge is -2.26. The number of nitrogens with zero attached hydrogens (tertiary/aromatic N) is 4. The third kappa shape index (κ3) is 3.58. The van der Waals surface area contributed by atoms with E-state index in [9.17, 15) is 4.79 Å². The van der Waals surface area contributed by atoms with Gasteiger partial charge in [-0.2, -0.15) is 4.98 Å². The van der Waals surface area contributed by atoms with E-state index in [2.05, 4.69) is 25.3 Å². The Bertz CT molecular complexity index is 666. The van der Waals surface area contributed by atoms with Crippen molar-refractivity contribution in [3.8, 4) is 0 Å². The highest BCUT2D eigenvalue weighted by Gasteiger charge is 2.22. The summed E-state index contributed by atoms with van der Waals surface area (Å²) in [6, 6.07) is 0. The molecule has 8 nitrogen and oxygen atoms in total. The van der Waals surface area contributed by atoms with E-state index in [1.807, 2.05) is 0 Å². The second-order valence-corrected chi connectivity index (χ2v) is 5.48. The van der Waals surface area contributed by atoms with Gasteiger partial charge in [0.25, 0.3) is 5.71 Å². The molecule has 0 spiro atoms. The topological polar surface area (TPSA) is 93.4 Å². The van der Waals surface area contributed by atoms with Gasteiger partial charge in [0.2, 0.25) is 5.69 Å². The van der Waals surface area contributed by atoms with E-state index in [4.69, 9.17) is 9.26 Å². The molecule has 0 aromatic carbocycles. The molecular formula is C15H21N5O3. The second kappa shape index (κ2) is 7.36. The molecule has 0 radical (unpaired) electrons. The van der Waals surface area contributed by atoms with Gasteiger partial charge in [-0.05, 0) is 32.9 Å². The number of hydrogen-bond donors (Lipinski definition) is 1. The third-order valence-electron chi connectivity index (χ3n) is 3.91. The maximum atomic E-state index is 12.0. The average molecular weight is 319 g/mol. The molecule has 3 rings (SSSR count). The van der Waals surface area contributed by atoms with E-state index in [-0.39, 0.29) is 18.0 Å². The predicted molar refractivity (Wildman–Crippen MR) is 84.3 cm³/mol. The Morgan fingerprint density at radius 1 is 1.35 bits per heavy atom. The molecule has 0 unspecified atom stereocenters. The van der Waals surface area contributed by atoms with E-state index in [1.54, 1.807) is 6.92 Å². The van der Waals surface area contributed by atoms with E-state index >= 15 is 0 Å². The van der Waals surface area contributed by atoms with Gasteiger partial charge in [0.05, 0.1) is 6.61 Å². The first-order valence-corrected chi connectivity index (χ1v) is 8.03. The van der Waals surface area contributed by atoms with Crippen LogP contribution in [0.25, 0.3) is 11.1 Å². The maximum absolute atomic E-state index is 12.0. The lowest BCUT2D eigenvalue weighted by atomic mass is 10.1. The minimum atomic E-state index is -0.528. The minimum absolute atomic E-state index is 0.114. The van der Waals surface area contributed by atoms with Crippen LogP contribution in [0.15, 0.2) is 10.9 Å². The normalized spacial score (nSPS) is 15.7. The number of nitrogens with one attached hydrogen (secondary N) is 1.